The molecule has 1 saturated heterocycles. The summed E-state index contributed by atoms with van der Waals surface area (Å²) in [4.78, 5) is 20.7. The van der Waals surface area contributed by atoms with Gasteiger partial charge in [-0.1, -0.05) is 0 Å². The Morgan fingerprint density at radius 1 is 1.33 bits per heavy atom. The first-order valence-corrected chi connectivity index (χ1v) is 7.97. The number of carbonyl (C=O) groups is 1. The number of halogens is 3. The number of esters is 1. The summed E-state index contributed by atoms with van der Waals surface area (Å²) in [5.74, 6) is -1.30. The third kappa shape index (κ3) is 3.19. The third-order valence-electron chi connectivity index (χ3n) is 3.24. The lowest BCUT2D eigenvalue weighted by Crippen LogP contribution is -2.25. The van der Waals surface area contributed by atoms with Gasteiger partial charge in [-0.2, -0.15) is 17.5 Å². The van der Waals surface area contributed by atoms with Gasteiger partial charge >= 0.3 is 12.1 Å². The summed E-state index contributed by atoms with van der Waals surface area (Å²) < 4.78 is 67.9. The maximum absolute atomic E-state index is 13.0. The van der Waals surface area contributed by atoms with Gasteiger partial charge in [-0.15, -0.1) is 0 Å². The lowest BCUT2D eigenvalue weighted by molar-refractivity contribution is -0.384. The van der Waals surface area contributed by atoms with Crippen molar-refractivity contribution in [2.75, 3.05) is 6.61 Å². The zero-order valence-corrected chi connectivity index (χ0v) is 12.9. The molecule has 3 atom stereocenters. The minimum absolute atomic E-state index is 0.00778. The van der Waals surface area contributed by atoms with Crippen LogP contribution in [-0.4, -0.2) is 48.5 Å². The average Bonchev–Trinajstić information content (AvgIpc) is 3.24. The van der Waals surface area contributed by atoms with Crippen molar-refractivity contribution < 1.29 is 36.0 Å². The van der Waals surface area contributed by atoms with E-state index in [-0.39, 0.29) is 10.9 Å². The Bertz CT molecular complexity index is 762. The van der Waals surface area contributed by atoms with Crippen molar-refractivity contribution in [2.24, 2.45) is 0 Å². The van der Waals surface area contributed by atoms with E-state index in [1.807, 2.05) is 0 Å². The molecule has 1 aromatic rings. The first-order chi connectivity index (χ1) is 11.0. The molecule has 132 valence electrons. The van der Waals surface area contributed by atoms with Gasteiger partial charge < -0.3 is 4.74 Å². The van der Waals surface area contributed by atoms with E-state index in [1.165, 1.54) is 6.92 Å². The third-order valence-corrected chi connectivity index (χ3v) is 5.12. The normalized spacial score (nSPS) is 23.6. The topological polar surface area (TPSA) is 107 Å². The van der Waals surface area contributed by atoms with Crippen LogP contribution in [0.15, 0.2) is 29.2 Å². The molecule has 0 N–H and O–H groups in total. The number of hydrogen-bond donors (Lipinski definition) is 0. The molecule has 0 aromatic heterocycles. The molecule has 0 aliphatic carbocycles. The first-order valence-electron chi connectivity index (χ1n) is 6.53. The first kappa shape index (κ1) is 18.1. The summed E-state index contributed by atoms with van der Waals surface area (Å²) in [6, 6.07) is -1.21. The van der Waals surface area contributed by atoms with Crippen molar-refractivity contribution in [3.8, 4) is 0 Å². The van der Waals surface area contributed by atoms with Gasteiger partial charge in [0.15, 0.2) is 0 Å². The predicted octanol–water partition coefficient (Wildman–Crippen LogP) is 1.46. The fraction of sp³-hybridized carbons (Fsp3) is 0.417. The number of ether oxygens (including phenoxy) is 1. The lowest BCUT2D eigenvalue weighted by atomic mass is 10.3. The minimum Gasteiger partial charge on any atom is -0.465 e. The number of alkyl halides is 3. The molecule has 8 nitrogen and oxygen atoms in total. The molecular weight excluding hydrogens is 357 g/mol. The zero-order chi connectivity index (χ0) is 18.3. The van der Waals surface area contributed by atoms with Crippen LogP contribution in [0.3, 0.4) is 0 Å². The van der Waals surface area contributed by atoms with E-state index in [9.17, 15) is 36.5 Å². The predicted molar refractivity (Wildman–Crippen MR) is 72.4 cm³/mol. The Kier molecular flexibility index (Phi) is 4.55. The van der Waals surface area contributed by atoms with Gasteiger partial charge in [-0.25, -0.2) is 8.42 Å². The van der Waals surface area contributed by atoms with Gasteiger partial charge in [-0.05, 0) is 19.1 Å². The Hall–Kier alpha value is -2.21. The van der Waals surface area contributed by atoms with Gasteiger partial charge in [0.1, 0.15) is 12.1 Å². The maximum Gasteiger partial charge on any atom is 0.407 e. The van der Waals surface area contributed by atoms with E-state index in [0.29, 0.717) is 0 Å². The molecular formula is C12H11F3N2O6S. The molecule has 24 heavy (non-hydrogen) atoms. The second kappa shape index (κ2) is 6.02. The number of sulfonamides is 1. The van der Waals surface area contributed by atoms with E-state index < -0.39 is 49.8 Å². The SMILES string of the molecule is CCOC(=O)[C@H]1[C@@H](C(F)(F)F)N1S(=O)(=O)c1ccc([N+](=O)[O-])cc1. The summed E-state index contributed by atoms with van der Waals surface area (Å²) in [5.41, 5.74) is -0.422. The van der Waals surface area contributed by atoms with Gasteiger partial charge in [0.25, 0.3) is 5.69 Å². The molecule has 0 radical (unpaired) electrons. The van der Waals surface area contributed by atoms with Crippen molar-refractivity contribution >= 4 is 21.7 Å². The molecule has 1 heterocycles. The number of hydrogen-bond acceptors (Lipinski definition) is 6. The number of nitro benzene ring substituents is 1. The summed E-state index contributed by atoms with van der Waals surface area (Å²) in [6.07, 6.45) is -4.95. The number of nitrogens with zero attached hydrogens (tertiary/aromatic N) is 2. The fourth-order valence-corrected chi connectivity index (χ4v) is 3.86. The average molecular weight is 368 g/mol. The van der Waals surface area contributed by atoms with Crippen LogP contribution in [0.5, 0.6) is 0 Å². The summed E-state index contributed by atoms with van der Waals surface area (Å²) in [5, 5.41) is 10.5. The lowest BCUT2D eigenvalue weighted by Gasteiger charge is -2.08. The van der Waals surface area contributed by atoms with E-state index in [2.05, 4.69) is 4.74 Å². The number of carbonyl (C=O) groups excluding carboxylic acids is 1. The van der Waals surface area contributed by atoms with E-state index in [1.54, 1.807) is 0 Å². The molecule has 1 unspecified atom stereocenters. The van der Waals surface area contributed by atoms with Gasteiger partial charge in [0, 0.05) is 12.1 Å². The summed E-state index contributed by atoms with van der Waals surface area (Å²) in [7, 11) is -4.66. The Labute approximate surface area is 134 Å². The van der Waals surface area contributed by atoms with Crippen LogP contribution in [0, 0.1) is 10.1 Å². The second-order valence-corrected chi connectivity index (χ2v) is 6.61. The van der Waals surface area contributed by atoms with Crippen LogP contribution in [0.1, 0.15) is 6.92 Å². The van der Waals surface area contributed by atoms with Crippen molar-refractivity contribution in [3.05, 3.63) is 34.4 Å². The number of benzene rings is 1. The molecule has 0 amide bonds. The zero-order valence-electron chi connectivity index (χ0n) is 12.1. The van der Waals surface area contributed by atoms with Crippen LogP contribution in [0.25, 0.3) is 0 Å². The van der Waals surface area contributed by atoms with E-state index >= 15 is 0 Å². The Morgan fingerprint density at radius 3 is 2.29 bits per heavy atom. The number of non-ortho nitro benzene ring substituents is 1. The highest BCUT2D eigenvalue weighted by Gasteiger charge is 2.71. The van der Waals surface area contributed by atoms with Gasteiger partial charge in [0.2, 0.25) is 10.0 Å². The summed E-state index contributed by atoms with van der Waals surface area (Å²) >= 11 is 0. The number of nitro groups is 1. The van der Waals surface area contributed by atoms with Crippen LogP contribution in [-0.2, 0) is 19.6 Å². The second-order valence-electron chi connectivity index (χ2n) is 4.77. The molecule has 12 heteroatoms. The Morgan fingerprint density at radius 2 is 1.88 bits per heavy atom. The maximum atomic E-state index is 13.0. The van der Waals surface area contributed by atoms with Crippen molar-refractivity contribution in [2.45, 2.75) is 30.1 Å². The van der Waals surface area contributed by atoms with Crippen molar-refractivity contribution in [1.82, 2.24) is 4.31 Å². The van der Waals surface area contributed by atoms with E-state index in [0.717, 1.165) is 24.3 Å². The monoisotopic (exact) mass is 368 g/mol. The van der Waals surface area contributed by atoms with Crippen LogP contribution < -0.4 is 0 Å². The van der Waals surface area contributed by atoms with Crippen LogP contribution >= 0.6 is 0 Å². The van der Waals surface area contributed by atoms with E-state index in [4.69, 9.17) is 0 Å². The van der Waals surface area contributed by atoms with Gasteiger partial charge in [0.05, 0.1) is 16.4 Å². The smallest absolute Gasteiger partial charge is 0.407 e. The van der Waals surface area contributed by atoms with Gasteiger partial charge in [-0.3, -0.25) is 14.9 Å². The highest BCUT2D eigenvalue weighted by molar-refractivity contribution is 7.89. The number of rotatable bonds is 5. The molecule has 1 fully saturated rings. The van der Waals surface area contributed by atoms with Crippen molar-refractivity contribution in [1.29, 1.82) is 0 Å². The van der Waals surface area contributed by atoms with Crippen molar-refractivity contribution in [3.63, 3.8) is 0 Å². The standard InChI is InChI=1S/C12H11F3N2O6S/c1-2-23-11(18)9-10(12(13,14)15)16(9)24(21,22)8-5-3-7(4-6-8)17(19)20/h3-6,9-10H,2H2,1H3/t9-,10+,16?/m1/s1. The Balaban J connectivity index is 2.36. The highest BCUT2D eigenvalue weighted by atomic mass is 32.2. The minimum atomic E-state index is -4.95. The molecule has 2 rings (SSSR count). The molecule has 0 saturated carbocycles. The fourth-order valence-electron chi connectivity index (χ4n) is 2.16. The molecule has 0 bridgehead atoms. The van der Waals surface area contributed by atoms with Crippen LogP contribution in [0.4, 0.5) is 18.9 Å². The molecule has 0 spiro atoms. The quantitative estimate of drug-likeness (QED) is 0.337. The highest BCUT2D eigenvalue weighted by Crippen LogP contribution is 2.46. The molecule has 1 aliphatic heterocycles. The molecule has 1 aliphatic rings. The molecule has 1 aromatic carbocycles. The summed E-state index contributed by atoms with van der Waals surface area (Å²) in [6.45, 7) is 1.17. The largest absolute Gasteiger partial charge is 0.465 e. The van der Waals surface area contributed by atoms with Crippen LogP contribution in [0.2, 0.25) is 0 Å².